The van der Waals surface area contributed by atoms with Gasteiger partial charge in [-0.25, -0.2) is 4.79 Å². The van der Waals surface area contributed by atoms with Crippen LogP contribution in [-0.4, -0.2) is 23.3 Å². The van der Waals surface area contributed by atoms with Gasteiger partial charge in [-0.3, -0.25) is 14.9 Å². The van der Waals surface area contributed by atoms with Gasteiger partial charge < -0.3 is 4.74 Å². The van der Waals surface area contributed by atoms with Crippen molar-refractivity contribution < 1.29 is 19.2 Å². The number of halogens is 2. The molecule has 0 fully saturated rings. The van der Waals surface area contributed by atoms with Crippen molar-refractivity contribution in [3.05, 3.63) is 60.2 Å². The summed E-state index contributed by atoms with van der Waals surface area (Å²) in [5, 5.41) is 11.0. The predicted octanol–water partition coefficient (Wildman–Crippen LogP) is 4.00. The van der Waals surface area contributed by atoms with Gasteiger partial charge in [-0.05, 0) is 24.3 Å². The Morgan fingerprint density at radius 1 is 1.23 bits per heavy atom. The number of ether oxygens (including phenoxy) is 1. The van der Waals surface area contributed by atoms with Crippen LogP contribution >= 0.6 is 34.5 Å². The summed E-state index contributed by atoms with van der Waals surface area (Å²) in [4.78, 5) is 34.2. The Balaban J connectivity index is 2.10. The highest BCUT2D eigenvalue weighted by Crippen LogP contribution is 2.25. The third-order valence-electron chi connectivity index (χ3n) is 2.56. The quantitative estimate of drug-likeness (QED) is 0.348. The van der Waals surface area contributed by atoms with Crippen molar-refractivity contribution in [3.63, 3.8) is 0 Å². The van der Waals surface area contributed by atoms with Crippen LogP contribution in [0.5, 0.6) is 0 Å². The molecule has 0 saturated carbocycles. The predicted molar refractivity (Wildman–Crippen MR) is 82.0 cm³/mol. The molecule has 1 aromatic heterocycles. The van der Waals surface area contributed by atoms with Gasteiger partial charge in [0, 0.05) is 11.1 Å². The van der Waals surface area contributed by atoms with Gasteiger partial charge in [0.15, 0.2) is 6.61 Å². The maximum atomic E-state index is 11.9. The SMILES string of the molecule is O=C(COC(=O)c1ccc(Cl)cc1[N+](=O)[O-])c1ccc(Cl)s1. The Hall–Kier alpha value is -1.96. The molecular weight excluding hydrogens is 353 g/mol. The van der Waals surface area contributed by atoms with Crippen molar-refractivity contribution in [2.24, 2.45) is 0 Å². The number of Topliss-reactive ketones (excluding diaryl/α,β-unsaturated/α-hetero) is 1. The molecule has 0 atom stereocenters. The summed E-state index contributed by atoms with van der Waals surface area (Å²) in [6.45, 7) is -0.532. The minimum absolute atomic E-state index is 0.118. The number of ketones is 1. The van der Waals surface area contributed by atoms with E-state index in [0.29, 0.717) is 9.21 Å². The van der Waals surface area contributed by atoms with Gasteiger partial charge in [-0.2, -0.15) is 0 Å². The smallest absolute Gasteiger partial charge is 0.345 e. The van der Waals surface area contributed by atoms with Crippen molar-refractivity contribution in [1.29, 1.82) is 0 Å². The molecule has 0 radical (unpaired) electrons. The standard InChI is InChI=1S/C13H7Cl2NO5S/c14-7-1-2-8(9(5-7)16(19)20)13(18)21-6-10(17)11-3-4-12(15)22-11/h1-5H,6H2. The average Bonchev–Trinajstić information content (AvgIpc) is 2.91. The fourth-order valence-corrected chi connectivity index (χ4v) is 2.71. The summed E-state index contributed by atoms with van der Waals surface area (Å²) in [6.07, 6.45) is 0. The number of hydrogen-bond acceptors (Lipinski definition) is 6. The van der Waals surface area contributed by atoms with Crippen molar-refractivity contribution in [3.8, 4) is 0 Å². The maximum absolute atomic E-state index is 11.9. The van der Waals surface area contributed by atoms with Crippen LogP contribution in [0.1, 0.15) is 20.0 Å². The molecule has 1 heterocycles. The molecule has 0 saturated heterocycles. The second-order valence-corrected chi connectivity index (χ2v) is 6.17. The first kappa shape index (κ1) is 16.4. The molecule has 0 spiro atoms. The fraction of sp³-hybridized carbons (Fsp3) is 0.0769. The highest BCUT2D eigenvalue weighted by molar-refractivity contribution is 7.18. The number of nitrogens with zero attached hydrogens (tertiary/aromatic N) is 1. The summed E-state index contributed by atoms with van der Waals surface area (Å²) in [5.41, 5.74) is -0.754. The topological polar surface area (TPSA) is 86.5 Å². The van der Waals surface area contributed by atoms with Crippen LogP contribution in [0.25, 0.3) is 0 Å². The zero-order chi connectivity index (χ0) is 16.3. The van der Waals surface area contributed by atoms with Crippen LogP contribution in [-0.2, 0) is 4.74 Å². The van der Waals surface area contributed by atoms with E-state index in [1.165, 1.54) is 18.2 Å². The number of rotatable bonds is 5. The minimum atomic E-state index is -0.973. The number of carbonyl (C=O) groups excluding carboxylic acids is 2. The second-order valence-electron chi connectivity index (χ2n) is 4.02. The van der Waals surface area contributed by atoms with Crippen molar-refractivity contribution in [2.45, 2.75) is 0 Å². The van der Waals surface area contributed by atoms with Gasteiger partial charge in [0.2, 0.25) is 5.78 Å². The van der Waals surface area contributed by atoms with Gasteiger partial charge in [0.25, 0.3) is 5.69 Å². The monoisotopic (exact) mass is 359 g/mol. The summed E-state index contributed by atoms with van der Waals surface area (Å²) < 4.78 is 5.25. The Kier molecular flexibility index (Phi) is 5.12. The lowest BCUT2D eigenvalue weighted by atomic mass is 10.2. The van der Waals surface area contributed by atoms with Crippen LogP contribution in [0.2, 0.25) is 9.36 Å². The molecule has 0 unspecified atom stereocenters. The highest BCUT2D eigenvalue weighted by atomic mass is 35.5. The molecule has 2 rings (SSSR count). The highest BCUT2D eigenvalue weighted by Gasteiger charge is 2.23. The Morgan fingerprint density at radius 2 is 1.95 bits per heavy atom. The molecule has 0 bridgehead atoms. The van der Waals surface area contributed by atoms with Crippen LogP contribution in [0.4, 0.5) is 5.69 Å². The first-order valence-electron chi connectivity index (χ1n) is 5.78. The van der Waals surface area contributed by atoms with Crippen molar-refractivity contribution >= 4 is 52.0 Å². The first-order chi connectivity index (χ1) is 10.4. The number of nitro benzene ring substituents is 1. The lowest BCUT2D eigenvalue weighted by molar-refractivity contribution is -0.385. The molecule has 9 heteroatoms. The van der Waals surface area contributed by atoms with E-state index in [-0.39, 0.29) is 10.6 Å². The Morgan fingerprint density at radius 3 is 2.55 bits per heavy atom. The summed E-state index contributed by atoms with van der Waals surface area (Å²) in [5.74, 6) is -1.42. The zero-order valence-corrected chi connectivity index (χ0v) is 13.1. The number of carbonyl (C=O) groups is 2. The van der Waals surface area contributed by atoms with Crippen molar-refractivity contribution in [1.82, 2.24) is 0 Å². The lowest BCUT2D eigenvalue weighted by Gasteiger charge is -2.04. The molecule has 2 aromatic rings. The summed E-state index contributed by atoms with van der Waals surface area (Å²) in [7, 11) is 0. The minimum Gasteiger partial charge on any atom is -0.453 e. The van der Waals surface area contributed by atoms with Gasteiger partial charge in [-0.1, -0.05) is 23.2 Å². The third kappa shape index (κ3) is 3.82. The average molecular weight is 360 g/mol. The Bertz CT molecular complexity index is 759. The van der Waals surface area contributed by atoms with Gasteiger partial charge >= 0.3 is 5.97 Å². The molecule has 22 heavy (non-hydrogen) atoms. The molecule has 0 aliphatic rings. The lowest BCUT2D eigenvalue weighted by Crippen LogP contribution is -2.14. The molecule has 6 nitrogen and oxygen atoms in total. The second kappa shape index (κ2) is 6.87. The number of nitro groups is 1. The molecule has 0 aliphatic heterocycles. The van der Waals surface area contributed by atoms with E-state index >= 15 is 0 Å². The van der Waals surface area contributed by atoms with Gasteiger partial charge in [0.1, 0.15) is 5.56 Å². The summed E-state index contributed by atoms with van der Waals surface area (Å²) in [6, 6.07) is 6.60. The van der Waals surface area contributed by atoms with Crippen LogP contribution < -0.4 is 0 Å². The van der Waals surface area contributed by atoms with E-state index < -0.39 is 29.0 Å². The van der Waals surface area contributed by atoms with Gasteiger partial charge in [-0.15, -0.1) is 11.3 Å². The normalized spacial score (nSPS) is 10.3. The molecular formula is C13H7Cl2NO5S. The maximum Gasteiger partial charge on any atom is 0.345 e. The van der Waals surface area contributed by atoms with Crippen LogP contribution in [0.15, 0.2) is 30.3 Å². The molecule has 0 aliphatic carbocycles. The molecule has 114 valence electrons. The van der Waals surface area contributed by atoms with E-state index in [1.807, 2.05) is 0 Å². The van der Waals surface area contributed by atoms with Crippen LogP contribution in [0.3, 0.4) is 0 Å². The number of hydrogen-bond donors (Lipinski definition) is 0. The van der Waals surface area contributed by atoms with Gasteiger partial charge in [0.05, 0.1) is 14.1 Å². The van der Waals surface area contributed by atoms with E-state index in [9.17, 15) is 19.7 Å². The third-order valence-corrected chi connectivity index (χ3v) is 4.07. The van der Waals surface area contributed by atoms with E-state index in [4.69, 9.17) is 27.9 Å². The van der Waals surface area contributed by atoms with Crippen LogP contribution in [0, 0.1) is 10.1 Å². The Labute approximate surface area is 138 Å². The largest absolute Gasteiger partial charge is 0.453 e. The molecule has 0 N–H and O–H groups in total. The summed E-state index contributed by atoms with van der Waals surface area (Å²) >= 11 is 12.4. The fourth-order valence-electron chi connectivity index (χ4n) is 1.57. The zero-order valence-electron chi connectivity index (χ0n) is 10.7. The van der Waals surface area contributed by atoms with Crippen molar-refractivity contribution in [2.75, 3.05) is 6.61 Å². The molecule has 0 amide bonds. The first-order valence-corrected chi connectivity index (χ1v) is 7.35. The number of thiophene rings is 1. The molecule has 1 aromatic carbocycles. The van der Waals surface area contributed by atoms with E-state index in [0.717, 1.165) is 17.4 Å². The van der Waals surface area contributed by atoms with E-state index in [2.05, 4.69) is 0 Å². The number of esters is 1. The number of benzene rings is 1. The van der Waals surface area contributed by atoms with E-state index in [1.54, 1.807) is 6.07 Å².